The third-order valence-corrected chi connectivity index (χ3v) is 7.20. The normalized spacial score (nSPS) is 15.4. The number of phenols is 1. The van der Waals surface area contributed by atoms with E-state index in [1.807, 2.05) is 30.3 Å². The number of Topliss-reactive ketones (excluding diaryl/α,β-unsaturated/α-hetero) is 1. The first kappa shape index (κ1) is 23.3. The molecule has 0 bridgehead atoms. The number of aromatic nitrogens is 1. The molecule has 2 N–H and O–H groups in total. The third kappa shape index (κ3) is 4.01. The molecule has 0 aliphatic carbocycles. The number of nitrogens with zero attached hydrogens (tertiary/aromatic N) is 2. The van der Waals surface area contributed by atoms with Crippen molar-refractivity contribution in [1.82, 2.24) is 4.98 Å². The number of anilines is 1. The Morgan fingerprint density at radius 1 is 1.00 bits per heavy atom. The molecule has 1 aromatic heterocycles. The van der Waals surface area contributed by atoms with Gasteiger partial charge in [-0.1, -0.05) is 48.5 Å². The standard InChI is InChI=1S/C28H22N2O5S/c1-16-26(36-27(29-16)17-8-4-3-5-9-17)24(32)22-23(18-10-6-12-20(31)14-18)30(28(34)25(22)33)19-11-7-13-21(15-19)35-2/h3-15,23,31,33H,1-2H3. The molecule has 7 nitrogen and oxygen atoms in total. The van der Waals surface area contributed by atoms with Crippen LogP contribution in [-0.2, 0) is 4.79 Å². The van der Waals surface area contributed by atoms with Gasteiger partial charge in [0.15, 0.2) is 5.76 Å². The number of thiazole rings is 1. The van der Waals surface area contributed by atoms with Gasteiger partial charge in [0.2, 0.25) is 5.78 Å². The van der Waals surface area contributed by atoms with Crippen LogP contribution in [0.15, 0.2) is 90.2 Å². The predicted molar refractivity (Wildman–Crippen MR) is 138 cm³/mol. The lowest BCUT2D eigenvalue weighted by molar-refractivity contribution is -0.117. The number of methoxy groups -OCH3 is 1. The number of carbonyl (C=O) groups is 2. The Hall–Kier alpha value is -4.43. The number of ether oxygens (including phenoxy) is 1. The average Bonchev–Trinajstić information content (AvgIpc) is 3.41. The number of hydrogen-bond donors (Lipinski definition) is 2. The number of hydrogen-bond acceptors (Lipinski definition) is 7. The van der Waals surface area contributed by atoms with E-state index < -0.39 is 23.5 Å². The van der Waals surface area contributed by atoms with Gasteiger partial charge in [-0.2, -0.15) is 0 Å². The number of phenolic OH excluding ortho intramolecular Hbond substituents is 1. The minimum Gasteiger partial charge on any atom is -0.508 e. The SMILES string of the molecule is COc1cccc(N2C(=O)C(O)=C(C(=O)c3sc(-c4ccccc4)nc3C)C2c2cccc(O)c2)c1. The highest BCUT2D eigenvalue weighted by molar-refractivity contribution is 7.17. The first-order valence-corrected chi connectivity index (χ1v) is 12.0. The largest absolute Gasteiger partial charge is 0.508 e. The molecule has 0 spiro atoms. The Kier molecular flexibility index (Phi) is 6.03. The molecule has 1 aliphatic heterocycles. The van der Waals surface area contributed by atoms with Crippen LogP contribution in [-0.4, -0.2) is 34.0 Å². The topological polar surface area (TPSA) is 100.0 Å². The van der Waals surface area contributed by atoms with Crippen LogP contribution in [0.25, 0.3) is 10.6 Å². The number of benzene rings is 3. The number of carbonyl (C=O) groups excluding carboxylic acids is 2. The molecule has 1 aliphatic rings. The Labute approximate surface area is 211 Å². The summed E-state index contributed by atoms with van der Waals surface area (Å²) in [7, 11) is 1.51. The first-order chi connectivity index (χ1) is 17.4. The van der Waals surface area contributed by atoms with Crippen LogP contribution < -0.4 is 9.64 Å². The highest BCUT2D eigenvalue weighted by Crippen LogP contribution is 2.44. The highest BCUT2D eigenvalue weighted by Gasteiger charge is 2.45. The molecule has 5 rings (SSSR count). The van der Waals surface area contributed by atoms with Gasteiger partial charge in [-0.05, 0) is 36.8 Å². The number of aromatic hydroxyl groups is 1. The molecule has 0 fully saturated rings. The lowest BCUT2D eigenvalue weighted by atomic mass is 9.94. The van der Waals surface area contributed by atoms with Crippen LogP contribution in [0.4, 0.5) is 5.69 Å². The van der Waals surface area contributed by atoms with Crippen molar-refractivity contribution in [2.24, 2.45) is 0 Å². The molecule has 0 saturated carbocycles. The second-order valence-electron chi connectivity index (χ2n) is 8.27. The molecule has 1 amide bonds. The van der Waals surface area contributed by atoms with Crippen LogP contribution in [0.2, 0.25) is 0 Å². The van der Waals surface area contributed by atoms with Crippen molar-refractivity contribution < 1.29 is 24.5 Å². The summed E-state index contributed by atoms with van der Waals surface area (Å²) < 4.78 is 5.31. The van der Waals surface area contributed by atoms with Gasteiger partial charge in [-0.25, -0.2) is 4.98 Å². The second-order valence-corrected chi connectivity index (χ2v) is 9.26. The summed E-state index contributed by atoms with van der Waals surface area (Å²) in [6, 6.07) is 21.6. The van der Waals surface area contributed by atoms with E-state index in [1.165, 1.54) is 35.5 Å². The van der Waals surface area contributed by atoms with Gasteiger partial charge in [-0.3, -0.25) is 14.5 Å². The van der Waals surface area contributed by atoms with Crippen molar-refractivity contribution in [3.63, 3.8) is 0 Å². The van der Waals surface area contributed by atoms with E-state index in [2.05, 4.69) is 4.98 Å². The predicted octanol–water partition coefficient (Wildman–Crippen LogP) is 5.62. The van der Waals surface area contributed by atoms with Crippen LogP contribution >= 0.6 is 11.3 Å². The van der Waals surface area contributed by atoms with Crippen LogP contribution in [0, 0.1) is 6.92 Å². The van der Waals surface area contributed by atoms with Gasteiger partial charge in [0, 0.05) is 17.3 Å². The average molecular weight is 499 g/mol. The van der Waals surface area contributed by atoms with Crippen molar-refractivity contribution >= 4 is 28.7 Å². The van der Waals surface area contributed by atoms with E-state index in [0.717, 1.165) is 5.56 Å². The zero-order chi connectivity index (χ0) is 25.4. The minimum atomic E-state index is -0.967. The van der Waals surface area contributed by atoms with E-state index in [-0.39, 0.29) is 11.3 Å². The van der Waals surface area contributed by atoms with E-state index in [4.69, 9.17) is 4.74 Å². The van der Waals surface area contributed by atoms with E-state index >= 15 is 0 Å². The molecule has 0 saturated heterocycles. The third-order valence-electron chi connectivity index (χ3n) is 5.99. The monoisotopic (exact) mass is 498 g/mol. The summed E-state index contributed by atoms with van der Waals surface area (Å²) in [6.45, 7) is 1.73. The van der Waals surface area contributed by atoms with E-state index in [0.29, 0.717) is 32.6 Å². The summed E-state index contributed by atoms with van der Waals surface area (Å²) in [5, 5.41) is 21.9. The van der Waals surface area contributed by atoms with Gasteiger partial charge >= 0.3 is 0 Å². The molecule has 180 valence electrons. The number of aliphatic hydroxyl groups excluding tert-OH is 1. The molecular weight excluding hydrogens is 476 g/mol. The maximum Gasteiger partial charge on any atom is 0.294 e. The summed E-state index contributed by atoms with van der Waals surface area (Å²) in [6.07, 6.45) is 0. The molecule has 0 radical (unpaired) electrons. The van der Waals surface area contributed by atoms with Gasteiger partial charge in [0.1, 0.15) is 16.5 Å². The number of amides is 1. The molecule has 36 heavy (non-hydrogen) atoms. The van der Waals surface area contributed by atoms with E-state index in [1.54, 1.807) is 43.3 Å². The quantitative estimate of drug-likeness (QED) is 0.335. The number of rotatable bonds is 6. The van der Waals surface area contributed by atoms with Crippen LogP contribution in [0.3, 0.4) is 0 Å². The van der Waals surface area contributed by atoms with Crippen molar-refractivity contribution in [3.05, 3.63) is 106 Å². The zero-order valence-corrected chi connectivity index (χ0v) is 20.3. The molecule has 2 heterocycles. The maximum absolute atomic E-state index is 13.9. The first-order valence-electron chi connectivity index (χ1n) is 11.2. The smallest absolute Gasteiger partial charge is 0.294 e. The highest BCUT2D eigenvalue weighted by atomic mass is 32.1. The van der Waals surface area contributed by atoms with E-state index in [9.17, 15) is 19.8 Å². The number of aliphatic hydroxyl groups is 1. The summed E-state index contributed by atoms with van der Waals surface area (Å²) in [5.41, 5.74) is 2.22. The minimum absolute atomic E-state index is 0.0240. The van der Waals surface area contributed by atoms with Crippen LogP contribution in [0.5, 0.6) is 11.5 Å². The number of ketones is 1. The Morgan fingerprint density at radius 2 is 1.75 bits per heavy atom. The van der Waals surface area contributed by atoms with Gasteiger partial charge in [-0.15, -0.1) is 11.3 Å². The van der Waals surface area contributed by atoms with Gasteiger partial charge in [0.25, 0.3) is 5.91 Å². The maximum atomic E-state index is 13.9. The summed E-state index contributed by atoms with van der Waals surface area (Å²) in [4.78, 5) is 33.5. The second kappa shape index (κ2) is 9.31. The molecular formula is C28H22N2O5S. The molecule has 3 aromatic carbocycles. The van der Waals surface area contributed by atoms with Gasteiger partial charge in [0.05, 0.1) is 29.3 Å². The fourth-order valence-electron chi connectivity index (χ4n) is 4.31. The summed E-state index contributed by atoms with van der Waals surface area (Å²) >= 11 is 1.21. The Bertz CT molecular complexity index is 1510. The fraction of sp³-hybridized carbons (Fsp3) is 0.107. The number of aryl methyl sites for hydroxylation is 1. The Balaban J connectivity index is 1.64. The van der Waals surface area contributed by atoms with Crippen LogP contribution in [0.1, 0.15) is 27.0 Å². The molecule has 4 aromatic rings. The molecule has 8 heteroatoms. The van der Waals surface area contributed by atoms with Crippen molar-refractivity contribution in [3.8, 4) is 22.1 Å². The van der Waals surface area contributed by atoms with Crippen molar-refractivity contribution in [1.29, 1.82) is 0 Å². The van der Waals surface area contributed by atoms with Gasteiger partial charge < -0.3 is 14.9 Å². The lowest BCUT2D eigenvalue weighted by Gasteiger charge is -2.27. The molecule has 1 atom stereocenters. The van der Waals surface area contributed by atoms with Crippen molar-refractivity contribution in [2.75, 3.05) is 12.0 Å². The lowest BCUT2D eigenvalue weighted by Crippen LogP contribution is -2.31. The zero-order valence-electron chi connectivity index (χ0n) is 19.5. The Morgan fingerprint density at radius 3 is 2.47 bits per heavy atom. The molecule has 1 unspecified atom stereocenters. The van der Waals surface area contributed by atoms with Crippen molar-refractivity contribution in [2.45, 2.75) is 13.0 Å². The fourth-order valence-corrected chi connectivity index (χ4v) is 5.33. The summed E-state index contributed by atoms with van der Waals surface area (Å²) in [5.74, 6) is -1.35.